The Hall–Kier alpha value is -2.11. The third-order valence-corrected chi connectivity index (χ3v) is 3.96. The SMILES string of the molecule is COc1ccc(C(=O)C2CCN(C(=O)OC(C)(C)C)CC2)c(F)c1. The van der Waals surface area contributed by atoms with Crippen LogP contribution in [0.1, 0.15) is 44.0 Å². The van der Waals surface area contributed by atoms with Crippen LogP contribution in [0.15, 0.2) is 18.2 Å². The standard InChI is InChI=1S/C18H24FNO4/c1-18(2,3)24-17(22)20-9-7-12(8-10-20)16(21)14-6-5-13(23-4)11-15(14)19/h5-6,11-12H,7-10H2,1-4H3. The van der Waals surface area contributed by atoms with E-state index >= 15 is 0 Å². The van der Waals surface area contributed by atoms with Crippen molar-refractivity contribution in [2.45, 2.75) is 39.2 Å². The zero-order chi connectivity index (χ0) is 17.9. The van der Waals surface area contributed by atoms with Crippen molar-refractivity contribution in [3.63, 3.8) is 0 Å². The number of ether oxygens (including phenoxy) is 2. The number of halogens is 1. The summed E-state index contributed by atoms with van der Waals surface area (Å²) >= 11 is 0. The summed E-state index contributed by atoms with van der Waals surface area (Å²) in [6.45, 7) is 6.31. The summed E-state index contributed by atoms with van der Waals surface area (Å²) in [6.07, 6.45) is 0.636. The summed E-state index contributed by atoms with van der Waals surface area (Å²) in [7, 11) is 1.45. The molecule has 1 aromatic carbocycles. The number of nitrogens with zero attached hydrogens (tertiary/aromatic N) is 1. The fraction of sp³-hybridized carbons (Fsp3) is 0.556. The minimum absolute atomic E-state index is 0.0755. The first-order valence-corrected chi connectivity index (χ1v) is 8.07. The molecule has 1 aliphatic heterocycles. The Morgan fingerprint density at radius 1 is 1.21 bits per heavy atom. The normalized spacial score (nSPS) is 16.0. The van der Waals surface area contributed by atoms with E-state index in [1.165, 1.54) is 19.2 Å². The number of hydrogen-bond acceptors (Lipinski definition) is 4. The summed E-state index contributed by atoms with van der Waals surface area (Å²) in [4.78, 5) is 26.1. The molecule has 1 fully saturated rings. The number of benzene rings is 1. The minimum Gasteiger partial charge on any atom is -0.497 e. The molecule has 0 aromatic heterocycles. The van der Waals surface area contributed by atoms with Gasteiger partial charge in [0.05, 0.1) is 12.7 Å². The number of likely N-dealkylation sites (tertiary alicyclic amines) is 1. The molecule has 1 saturated heterocycles. The maximum absolute atomic E-state index is 14.0. The first-order chi connectivity index (χ1) is 11.2. The second kappa shape index (κ2) is 7.20. The molecule has 132 valence electrons. The van der Waals surface area contributed by atoms with Gasteiger partial charge in [0.15, 0.2) is 5.78 Å². The number of carbonyl (C=O) groups is 2. The summed E-state index contributed by atoms with van der Waals surface area (Å²) < 4.78 is 24.3. The molecule has 6 heteroatoms. The van der Waals surface area contributed by atoms with Crippen molar-refractivity contribution in [3.05, 3.63) is 29.6 Å². The summed E-state index contributed by atoms with van der Waals surface area (Å²) in [6, 6.07) is 4.24. The van der Waals surface area contributed by atoms with Crippen molar-refractivity contribution in [1.29, 1.82) is 0 Å². The maximum atomic E-state index is 14.0. The molecular formula is C18H24FNO4. The van der Waals surface area contributed by atoms with E-state index in [2.05, 4.69) is 0 Å². The van der Waals surface area contributed by atoms with E-state index in [4.69, 9.17) is 9.47 Å². The fourth-order valence-corrected chi connectivity index (χ4v) is 2.69. The van der Waals surface area contributed by atoms with E-state index in [-0.39, 0.29) is 23.4 Å². The highest BCUT2D eigenvalue weighted by molar-refractivity contribution is 5.98. The number of hydrogen-bond donors (Lipinski definition) is 0. The van der Waals surface area contributed by atoms with Gasteiger partial charge in [-0.1, -0.05) is 0 Å². The largest absolute Gasteiger partial charge is 0.497 e. The topological polar surface area (TPSA) is 55.8 Å². The molecule has 2 rings (SSSR count). The van der Waals surface area contributed by atoms with Gasteiger partial charge in [-0.05, 0) is 45.7 Å². The highest BCUT2D eigenvalue weighted by atomic mass is 19.1. The van der Waals surface area contributed by atoms with Crippen molar-refractivity contribution >= 4 is 11.9 Å². The molecular weight excluding hydrogens is 313 g/mol. The van der Waals surface area contributed by atoms with Gasteiger partial charge in [0.25, 0.3) is 0 Å². The van der Waals surface area contributed by atoms with Crippen molar-refractivity contribution < 1.29 is 23.5 Å². The van der Waals surface area contributed by atoms with Crippen LogP contribution in [0.3, 0.4) is 0 Å². The Kier molecular flexibility index (Phi) is 5.47. The number of ketones is 1. The lowest BCUT2D eigenvalue weighted by Gasteiger charge is -2.33. The molecule has 24 heavy (non-hydrogen) atoms. The molecule has 0 unspecified atom stereocenters. The number of amides is 1. The molecule has 0 bridgehead atoms. The minimum atomic E-state index is -0.575. The third-order valence-electron chi connectivity index (χ3n) is 3.96. The van der Waals surface area contributed by atoms with Crippen LogP contribution in [0.2, 0.25) is 0 Å². The van der Waals surface area contributed by atoms with Gasteiger partial charge in [-0.15, -0.1) is 0 Å². The number of piperidine rings is 1. The van der Waals surface area contributed by atoms with Crippen LogP contribution < -0.4 is 4.74 Å². The molecule has 1 heterocycles. The zero-order valence-electron chi connectivity index (χ0n) is 14.6. The van der Waals surface area contributed by atoms with Crippen molar-refractivity contribution in [2.24, 2.45) is 5.92 Å². The molecule has 0 spiro atoms. The van der Waals surface area contributed by atoms with Gasteiger partial charge in [-0.25, -0.2) is 9.18 Å². The maximum Gasteiger partial charge on any atom is 0.410 e. The van der Waals surface area contributed by atoms with Crippen LogP contribution in [0.4, 0.5) is 9.18 Å². The van der Waals surface area contributed by atoms with Crippen molar-refractivity contribution in [2.75, 3.05) is 20.2 Å². The molecule has 5 nitrogen and oxygen atoms in total. The molecule has 0 saturated carbocycles. The lowest BCUT2D eigenvalue weighted by atomic mass is 9.89. The molecule has 1 aromatic rings. The average molecular weight is 337 g/mol. The summed E-state index contributed by atoms with van der Waals surface area (Å²) in [5, 5.41) is 0. The molecule has 0 N–H and O–H groups in total. The van der Waals surface area contributed by atoms with Crippen LogP contribution in [-0.2, 0) is 4.74 Å². The number of methoxy groups -OCH3 is 1. The molecule has 0 atom stereocenters. The average Bonchev–Trinajstić information content (AvgIpc) is 2.52. The quantitative estimate of drug-likeness (QED) is 0.790. The van der Waals surface area contributed by atoms with Crippen LogP contribution >= 0.6 is 0 Å². The Balaban J connectivity index is 1.97. The van der Waals surface area contributed by atoms with Gasteiger partial charge in [0.1, 0.15) is 17.2 Å². The third kappa shape index (κ3) is 4.46. The molecule has 1 amide bonds. The fourth-order valence-electron chi connectivity index (χ4n) is 2.69. The first kappa shape index (κ1) is 18.2. The summed E-state index contributed by atoms with van der Waals surface area (Å²) in [5.41, 5.74) is -0.470. The Bertz CT molecular complexity index is 616. The van der Waals surface area contributed by atoms with Crippen LogP contribution in [0.25, 0.3) is 0 Å². The zero-order valence-corrected chi connectivity index (χ0v) is 14.6. The first-order valence-electron chi connectivity index (χ1n) is 8.07. The van der Waals surface area contributed by atoms with Crippen LogP contribution in [0.5, 0.6) is 5.75 Å². The predicted octanol–water partition coefficient (Wildman–Crippen LogP) is 3.66. The Labute approximate surface area is 141 Å². The number of Topliss-reactive ketones (excluding diaryl/α,β-unsaturated/α-hetero) is 1. The summed E-state index contributed by atoms with van der Waals surface area (Å²) in [5.74, 6) is -0.705. The smallest absolute Gasteiger partial charge is 0.410 e. The Morgan fingerprint density at radius 3 is 2.33 bits per heavy atom. The Morgan fingerprint density at radius 2 is 1.83 bits per heavy atom. The van der Waals surface area contributed by atoms with Crippen LogP contribution in [0, 0.1) is 11.7 Å². The van der Waals surface area contributed by atoms with E-state index in [1.807, 2.05) is 20.8 Å². The van der Waals surface area contributed by atoms with E-state index in [1.54, 1.807) is 11.0 Å². The molecule has 0 aliphatic carbocycles. The van der Waals surface area contributed by atoms with E-state index in [0.717, 1.165) is 0 Å². The lowest BCUT2D eigenvalue weighted by molar-refractivity contribution is 0.0182. The monoisotopic (exact) mass is 337 g/mol. The highest BCUT2D eigenvalue weighted by Gasteiger charge is 2.31. The molecule has 1 aliphatic rings. The second-order valence-corrected chi connectivity index (χ2v) is 6.95. The molecule has 0 radical (unpaired) electrons. The van der Waals surface area contributed by atoms with Gasteiger partial charge in [-0.3, -0.25) is 4.79 Å². The van der Waals surface area contributed by atoms with Crippen molar-refractivity contribution in [3.8, 4) is 5.75 Å². The number of carbonyl (C=O) groups excluding carboxylic acids is 2. The van der Waals surface area contributed by atoms with Crippen LogP contribution in [-0.4, -0.2) is 42.6 Å². The van der Waals surface area contributed by atoms with Gasteiger partial charge < -0.3 is 14.4 Å². The van der Waals surface area contributed by atoms with E-state index < -0.39 is 11.4 Å². The number of rotatable bonds is 3. The highest BCUT2D eigenvalue weighted by Crippen LogP contribution is 2.26. The van der Waals surface area contributed by atoms with Gasteiger partial charge in [0.2, 0.25) is 0 Å². The van der Waals surface area contributed by atoms with Gasteiger partial charge in [-0.2, -0.15) is 0 Å². The predicted molar refractivity (Wildman–Crippen MR) is 87.8 cm³/mol. The van der Waals surface area contributed by atoms with Crippen molar-refractivity contribution in [1.82, 2.24) is 4.90 Å². The van der Waals surface area contributed by atoms with Gasteiger partial charge >= 0.3 is 6.09 Å². The van der Waals surface area contributed by atoms with E-state index in [0.29, 0.717) is 31.7 Å². The second-order valence-electron chi connectivity index (χ2n) is 6.95. The van der Waals surface area contributed by atoms with Gasteiger partial charge in [0, 0.05) is 25.1 Å². The lowest BCUT2D eigenvalue weighted by Crippen LogP contribution is -2.43. The van der Waals surface area contributed by atoms with E-state index in [9.17, 15) is 14.0 Å².